The first kappa shape index (κ1) is 10.5. The van der Waals surface area contributed by atoms with E-state index < -0.39 is 4.92 Å². The van der Waals surface area contributed by atoms with Gasteiger partial charge in [-0.05, 0) is 34.9 Å². The quantitative estimate of drug-likeness (QED) is 0.554. The van der Waals surface area contributed by atoms with Crippen molar-refractivity contribution >= 4 is 11.6 Å². The van der Waals surface area contributed by atoms with Crippen LogP contribution < -0.4 is 4.74 Å². The monoisotopic (exact) mass is 222 g/mol. The smallest absolute Gasteiger partial charge is 0.406 e. The van der Waals surface area contributed by atoms with Crippen molar-refractivity contribution in [2.45, 2.75) is 12.8 Å². The van der Waals surface area contributed by atoms with Gasteiger partial charge >= 0.3 is 5.82 Å². The third kappa shape index (κ3) is 2.33. The van der Waals surface area contributed by atoms with Gasteiger partial charge in [-0.25, -0.2) is 0 Å². The zero-order chi connectivity index (χ0) is 11.5. The minimum absolute atomic E-state index is 0.00171. The van der Waals surface area contributed by atoms with Crippen LogP contribution in [0.2, 0.25) is 0 Å². The van der Waals surface area contributed by atoms with E-state index in [1.807, 2.05) is 0 Å². The molecule has 0 spiro atoms. The van der Waals surface area contributed by atoms with Gasteiger partial charge in [0.2, 0.25) is 5.75 Å². The molecular formula is C10H10N2O4. The molecule has 1 aliphatic rings. The second kappa shape index (κ2) is 4.26. The molecule has 6 heteroatoms. The number of hydrogen-bond donors (Lipinski definition) is 0. The lowest BCUT2D eigenvalue weighted by Gasteiger charge is -2.04. The third-order valence-electron chi connectivity index (χ3n) is 2.33. The van der Waals surface area contributed by atoms with Gasteiger partial charge in [0.05, 0.1) is 0 Å². The summed E-state index contributed by atoms with van der Waals surface area (Å²) < 4.78 is 5.11. The number of nitro groups is 1. The first-order chi connectivity index (χ1) is 7.68. The van der Waals surface area contributed by atoms with E-state index in [1.54, 1.807) is 0 Å². The molecule has 0 bridgehead atoms. The summed E-state index contributed by atoms with van der Waals surface area (Å²) in [5.74, 6) is -0.221. The highest BCUT2D eigenvalue weighted by molar-refractivity contribution is 5.84. The Bertz CT molecular complexity index is 429. The zero-order valence-electron chi connectivity index (χ0n) is 8.46. The molecule has 84 valence electrons. The van der Waals surface area contributed by atoms with Crippen LogP contribution in [0.15, 0.2) is 18.3 Å². The predicted molar refractivity (Wildman–Crippen MR) is 54.1 cm³/mol. The van der Waals surface area contributed by atoms with Gasteiger partial charge in [-0.3, -0.25) is 4.79 Å². The van der Waals surface area contributed by atoms with Crippen LogP contribution in [0.3, 0.4) is 0 Å². The number of aromatic nitrogens is 1. The number of nitrogens with zero attached hydrogens (tertiary/aromatic N) is 2. The summed E-state index contributed by atoms with van der Waals surface area (Å²) in [5, 5.41) is 10.6. The summed E-state index contributed by atoms with van der Waals surface area (Å²) in [7, 11) is 0. The Labute approximate surface area is 91.4 Å². The van der Waals surface area contributed by atoms with Crippen LogP contribution in [0.25, 0.3) is 0 Å². The average molecular weight is 222 g/mol. The van der Waals surface area contributed by atoms with Gasteiger partial charge in [-0.15, -0.1) is 0 Å². The van der Waals surface area contributed by atoms with Crippen LogP contribution in [0.5, 0.6) is 5.75 Å². The van der Waals surface area contributed by atoms with Gasteiger partial charge < -0.3 is 14.9 Å². The van der Waals surface area contributed by atoms with Crippen LogP contribution in [0, 0.1) is 16.0 Å². The van der Waals surface area contributed by atoms with Crippen molar-refractivity contribution in [2.75, 3.05) is 6.61 Å². The lowest BCUT2D eigenvalue weighted by atomic mass is 10.3. The lowest BCUT2D eigenvalue weighted by Crippen LogP contribution is -2.13. The molecule has 1 heterocycles. The van der Waals surface area contributed by atoms with E-state index in [1.165, 1.54) is 18.3 Å². The average Bonchev–Trinajstić information content (AvgIpc) is 3.10. The first-order valence-corrected chi connectivity index (χ1v) is 4.93. The van der Waals surface area contributed by atoms with Gasteiger partial charge in [0, 0.05) is 5.92 Å². The summed E-state index contributed by atoms with van der Waals surface area (Å²) in [6.07, 6.45) is 3.11. The van der Waals surface area contributed by atoms with Gasteiger partial charge in [-0.2, -0.15) is 0 Å². The van der Waals surface area contributed by atoms with E-state index in [2.05, 4.69) is 4.98 Å². The van der Waals surface area contributed by atoms with Crippen molar-refractivity contribution in [1.82, 2.24) is 4.98 Å². The van der Waals surface area contributed by atoms with Crippen molar-refractivity contribution in [1.29, 1.82) is 0 Å². The Kier molecular flexibility index (Phi) is 2.80. The highest BCUT2D eigenvalue weighted by Crippen LogP contribution is 2.30. The molecule has 1 aromatic rings. The van der Waals surface area contributed by atoms with Crippen LogP contribution in [-0.2, 0) is 4.79 Å². The lowest BCUT2D eigenvalue weighted by molar-refractivity contribution is -0.390. The maximum absolute atomic E-state index is 11.3. The molecule has 0 unspecified atom stereocenters. The first-order valence-electron chi connectivity index (χ1n) is 4.93. The molecule has 1 saturated carbocycles. The topological polar surface area (TPSA) is 82.3 Å². The Hall–Kier alpha value is -1.98. The fraction of sp³-hybridized carbons (Fsp3) is 0.400. The molecule has 0 radical (unpaired) electrons. The third-order valence-corrected chi connectivity index (χ3v) is 2.33. The normalized spacial score (nSPS) is 14.5. The zero-order valence-corrected chi connectivity index (χ0v) is 8.46. The van der Waals surface area contributed by atoms with E-state index >= 15 is 0 Å². The van der Waals surface area contributed by atoms with Gasteiger partial charge in [0.15, 0.2) is 5.78 Å². The van der Waals surface area contributed by atoms with Crippen LogP contribution in [-0.4, -0.2) is 22.3 Å². The van der Waals surface area contributed by atoms with Crippen molar-refractivity contribution < 1.29 is 14.5 Å². The Morgan fingerprint density at radius 3 is 3.00 bits per heavy atom. The molecule has 2 rings (SSSR count). The maximum Gasteiger partial charge on any atom is 0.406 e. The van der Waals surface area contributed by atoms with Gasteiger partial charge in [-0.1, -0.05) is 0 Å². The second-order valence-electron chi connectivity index (χ2n) is 3.61. The second-order valence-corrected chi connectivity index (χ2v) is 3.61. The number of pyridine rings is 1. The Morgan fingerprint density at radius 2 is 2.38 bits per heavy atom. The number of carbonyl (C=O) groups excluding carboxylic acids is 1. The van der Waals surface area contributed by atoms with Crippen LogP contribution in [0.1, 0.15) is 12.8 Å². The highest BCUT2D eigenvalue weighted by atomic mass is 16.6. The summed E-state index contributed by atoms with van der Waals surface area (Å²) in [6, 6.07) is 2.97. The van der Waals surface area contributed by atoms with Crippen LogP contribution >= 0.6 is 0 Å². The van der Waals surface area contributed by atoms with Crippen molar-refractivity contribution in [3.05, 3.63) is 28.4 Å². The van der Waals surface area contributed by atoms with Gasteiger partial charge in [0.25, 0.3) is 0 Å². The number of Topliss-reactive ketones (excluding diaryl/α,β-unsaturated/α-hetero) is 1. The standard InChI is InChI=1S/C10H10N2O4/c13-8(7-3-4-7)6-16-9-2-1-5-11-10(9)12(14)15/h1-2,5,7H,3-4,6H2. The molecule has 0 aliphatic heterocycles. The molecule has 1 aliphatic carbocycles. The van der Waals surface area contributed by atoms with E-state index in [0.717, 1.165) is 12.8 Å². The predicted octanol–water partition coefficient (Wildman–Crippen LogP) is 1.35. The Balaban J connectivity index is 2.02. The fourth-order valence-electron chi connectivity index (χ4n) is 1.30. The molecule has 16 heavy (non-hydrogen) atoms. The highest BCUT2D eigenvalue weighted by Gasteiger charge is 2.30. The van der Waals surface area contributed by atoms with Crippen molar-refractivity contribution in [3.63, 3.8) is 0 Å². The SMILES string of the molecule is O=C(COc1cccnc1[N+](=O)[O-])C1CC1. The summed E-state index contributed by atoms with van der Waals surface area (Å²) in [4.78, 5) is 24.9. The molecule has 0 saturated heterocycles. The number of ether oxygens (including phenoxy) is 1. The van der Waals surface area contributed by atoms with Crippen molar-refractivity contribution in [3.8, 4) is 5.75 Å². The molecule has 0 amide bonds. The number of rotatable bonds is 5. The van der Waals surface area contributed by atoms with Crippen LogP contribution in [0.4, 0.5) is 5.82 Å². The molecule has 0 aromatic carbocycles. The number of hydrogen-bond acceptors (Lipinski definition) is 5. The minimum Gasteiger partial charge on any atom is -0.478 e. The van der Waals surface area contributed by atoms with E-state index in [4.69, 9.17) is 4.74 Å². The minimum atomic E-state index is -0.628. The number of carbonyl (C=O) groups is 1. The Morgan fingerprint density at radius 1 is 1.62 bits per heavy atom. The fourth-order valence-corrected chi connectivity index (χ4v) is 1.30. The maximum atomic E-state index is 11.3. The van der Waals surface area contributed by atoms with E-state index in [9.17, 15) is 14.9 Å². The molecule has 0 N–H and O–H groups in total. The summed E-state index contributed by atoms with van der Waals surface area (Å²) in [6.45, 7) is -0.114. The molecule has 6 nitrogen and oxygen atoms in total. The summed E-state index contributed by atoms with van der Waals surface area (Å²) in [5.41, 5.74) is 0. The van der Waals surface area contributed by atoms with E-state index in [-0.39, 0.29) is 29.9 Å². The van der Waals surface area contributed by atoms with Crippen molar-refractivity contribution in [2.24, 2.45) is 5.92 Å². The van der Waals surface area contributed by atoms with Gasteiger partial charge in [0.1, 0.15) is 12.8 Å². The summed E-state index contributed by atoms with van der Waals surface area (Å²) >= 11 is 0. The number of ketones is 1. The largest absolute Gasteiger partial charge is 0.478 e. The van der Waals surface area contributed by atoms with E-state index in [0.29, 0.717) is 0 Å². The molecule has 1 fully saturated rings. The molecular weight excluding hydrogens is 212 g/mol. The molecule has 1 aromatic heterocycles. The molecule has 0 atom stereocenters.